The van der Waals surface area contributed by atoms with Gasteiger partial charge in [-0.05, 0) is 13.2 Å². The second kappa shape index (κ2) is 5.41. The molecule has 0 unspecified atom stereocenters. The number of ether oxygens (including phenoxy) is 1. The molecule has 0 aliphatic carbocycles. The van der Waals surface area contributed by atoms with E-state index < -0.39 is 0 Å². The fourth-order valence-electron chi connectivity index (χ4n) is 0.381. The van der Waals surface area contributed by atoms with E-state index in [9.17, 15) is 0 Å². The van der Waals surface area contributed by atoms with Crippen molar-refractivity contribution in [3.05, 3.63) is 0 Å². The number of aliphatic hydroxyl groups is 1. The molecule has 0 saturated heterocycles. The Bertz CT molecular complexity index is 45.7. The maximum atomic E-state index is 8.51. The molecule has 0 aromatic heterocycles. The van der Waals surface area contributed by atoms with Crippen molar-refractivity contribution in [2.24, 2.45) is 0 Å². The van der Waals surface area contributed by atoms with E-state index in [1.165, 1.54) is 11.8 Å². The van der Waals surface area contributed by atoms with Gasteiger partial charge in [-0.25, -0.2) is 0 Å². The van der Waals surface area contributed by atoms with Gasteiger partial charge in [0.1, 0.15) is 5.44 Å². The van der Waals surface area contributed by atoms with Crippen LogP contribution in [0.2, 0.25) is 0 Å². The predicted molar refractivity (Wildman–Crippen MR) is 36.0 cm³/mol. The van der Waals surface area contributed by atoms with Crippen LogP contribution in [0.15, 0.2) is 0 Å². The predicted octanol–water partition coefficient (Wildman–Crippen LogP) is 0.704. The van der Waals surface area contributed by atoms with Gasteiger partial charge in [-0.3, -0.25) is 0 Å². The fourth-order valence-corrected chi connectivity index (χ4v) is 0.802. The molecule has 2 nitrogen and oxygen atoms in total. The van der Waals surface area contributed by atoms with Crippen molar-refractivity contribution in [3.8, 4) is 0 Å². The van der Waals surface area contributed by atoms with Crippen LogP contribution in [0.25, 0.3) is 0 Å². The van der Waals surface area contributed by atoms with Gasteiger partial charge in [-0.15, -0.1) is 11.8 Å². The third-order valence-corrected chi connectivity index (χ3v) is 1.58. The van der Waals surface area contributed by atoms with E-state index in [2.05, 4.69) is 0 Å². The van der Waals surface area contributed by atoms with Crippen LogP contribution in [0.3, 0.4) is 0 Å². The molecule has 0 radical (unpaired) electrons. The van der Waals surface area contributed by atoms with E-state index in [-0.39, 0.29) is 12.0 Å². The van der Waals surface area contributed by atoms with Gasteiger partial charge < -0.3 is 9.84 Å². The maximum Gasteiger partial charge on any atom is 0.126 e. The molecule has 0 aromatic rings. The van der Waals surface area contributed by atoms with Crippen LogP contribution in [-0.4, -0.2) is 30.0 Å². The third-order valence-electron chi connectivity index (χ3n) is 0.765. The van der Waals surface area contributed by atoms with E-state index in [0.29, 0.717) is 6.61 Å². The molecule has 0 bridgehead atoms. The largest absolute Gasteiger partial charge is 0.393 e. The Kier molecular flexibility index (Phi) is 5.59. The summed E-state index contributed by atoms with van der Waals surface area (Å²) in [6.07, 6.45) is 1.91. The van der Waals surface area contributed by atoms with Crippen molar-refractivity contribution in [1.29, 1.82) is 0 Å². The molecule has 50 valence electrons. The minimum Gasteiger partial charge on any atom is -0.393 e. The van der Waals surface area contributed by atoms with Crippen molar-refractivity contribution in [1.82, 2.24) is 0 Å². The molecule has 0 rings (SSSR count). The standard InChI is InChI=1S/C5H12O2S/c1-3-7-5(4-6)8-2/h5-6H,3-4H2,1-2H3/t5-/m0/s1. The Morgan fingerprint density at radius 3 is 2.50 bits per heavy atom. The molecule has 0 aliphatic rings. The van der Waals surface area contributed by atoms with Crippen molar-refractivity contribution in [2.45, 2.75) is 12.4 Å². The van der Waals surface area contributed by atoms with Crippen LogP contribution >= 0.6 is 11.8 Å². The van der Waals surface area contributed by atoms with Gasteiger partial charge in [-0.1, -0.05) is 0 Å². The number of hydrogen-bond donors (Lipinski definition) is 1. The molecule has 0 heterocycles. The fraction of sp³-hybridized carbons (Fsp3) is 1.00. The number of rotatable bonds is 4. The average Bonchev–Trinajstić information content (AvgIpc) is 1.83. The topological polar surface area (TPSA) is 29.5 Å². The van der Waals surface area contributed by atoms with E-state index >= 15 is 0 Å². The molecular formula is C5H12O2S. The molecule has 8 heavy (non-hydrogen) atoms. The van der Waals surface area contributed by atoms with Gasteiger partial charge in [0.05, 0.1) is 6.61 Å². The SMILES string of the molecule is CCO[C@H](CO)SC. The summed E-state index contributed by atoms with van der Waals surface area (Å²) in [5.74, 6) is 0. The lowest BCUT2D eigenvalue weighted by atomic mass is 10.7. The third kappa shape index (κ3) is 3.29. The smallest absolute Gasteiger partial charge is 0.126 e. The molecule has 0 saturated carbocycles. The number of hydrogen-bond acceptors (Lipinski definition) is 3. The molecular weight excluding hydrogens is 124 g/mol. The minimum atomic E-state index is -0.0278. The Morgan fingerprint density at radius 2 is 2.38 bits per heavy atom. The molecule has 1 atom stereocenters. The zero-order chi connectivity index (χ0) is 6.41. The minimum absolute atomic E-state index is 0.0278. The average molecular weight is 136 g/mol. The second-order valence-electron chi connectivity index (χ2n) is 1.30. The van der Waals surface area contributed by atoms with Gasteiger partial charge in [0, 0.05) is 6.61 Å². The van der Waals surface area contributed by atoms with Crippen LogP contribution in [-0.2, 0) is 4.74 Å². The molecule has 3 heteroatoms. The van der Waals surface area contributed by atoms with Crippen LogP contribution < -0.4 is 0 Å². The Balaban J connectivity index is 3.07. The first-order valence-electron chi connectivity index (χ1n) is 2.60. The van der Waals surface area contributed by atoms with Crippen LogP contribution in [0, 0.1) is 0 Å². The number of aliphatic hydroxyl groups excluding tert-OH is 1. The van der Waals surface area contributed by atoms with Gasteiger partial charge >= 0.3 is 0 Å². The summed E-state index contributed by atoms with van der Waals surface area (Å²) < 4.78 is 5.05. The van der Waals surface area contributed by atoms with Gasteiger partial charge in [0.15, 0.2) is 0 Å². The first-order chi connectivity index (χ1) is 3.85. The summed E-state index contributed by atoms with van der Waals surface area (Å²) in [6.45, 7) is 2.69. The highest BCUT2D eigenvalue weighted by Gasteiger charge is 2.00. The first kappa shape index (κ1) is 8.27. The first-order valence-corrected chi connectivity index (χ1v) is 3.89. The summed E-state index contributed by atoms with van der Waals surface area (Å²) in [6, 6.07) is 0. The summed E-state index contributed by atoms with van der Waals surface area (Å²) in [4.78, 5) is 0. The molecule has 1 N–H and O–H groups in total. The van der Waals surface area contributed by atoms with Gasteiger partial charge in [-0.2, -0.15) is 0 Å². The molecule has 0 amide bonds. The molecule has 0 aromatic carbocycles. The zero-order valence-electron chi connectivity index (χ0n) is 5.26. The quantitative estimate of drug-likeness (QED) is 0.577. The van der Waals surface area contributed by atoms with E-state index in [0.717, 1.165) is 0 Å². The molecule has 0 aliphatic heterocycles. The maximum absolute atomic E-state index is 8.51. The van der Waals surface area contributed by atoms with E-state index in [1.54, 1.807) is 0 Å². The Labute approximate surface area is 54.2 Å². The molecule has 0 fully saturated rings. The van der Waals surface area contributed by atoms with Crippen molar-refractivity contribution in [3.63, 3.8) is 0 Å². The van der Waals surface area contributed by atoms with Crippen LogP contribution in [0.5, 0.6) is 0 Å². The zero-order valence-corrected chi connectivity index (χ0v) is 6.07. The van der Waals surface area contributed by atoms with Crippen LogP contribution in [0.4, 0.5) is 0 Å². The van der Waals surface area contributed by atoms with E-state index in [4.69, 9.17) is 9.84 Å². The lowest BCUT2D eigenvalue weighted by Gasteiger charge is -2.09. The normalized spacial score (nSPS) is 13.9. The Morgan fingerprint density at radius 1 is 1.75 bits per heavy atom. The van der Waals surface area contributed by atoms with Crippen molar-refractivity contribution in [2.75, 3.05) is 19.5 Å². The highest BCUT2D eigenvalue weighted by Crippen LogP contribution is 2.05. The monoisotopic (exact) mass is 136 g/mol. The highest BCUT2D eigenvalue weighted by molar-refractivity contribution is 7.99. The summed E-state index contributed by atoms with van der Waals surface area (Å²) in [5.41, 5.74) is -0.0278. The highest BCUT2D eigenvalue weighted by atomic mass is 32.2. The lowest BCUT2D eigenvalue weighted by molar-refractivity contribution is 0.0776. The molecule has 0 spiro atoms. The second-order valence-corrected chi connectivity index (χ2v) is 2.30. The van der Waals surface area contributed by atoms with Crippen molar-refractivity contribution < 1.29 is 9.84 Å². The number of thioether (sulfide) groups is 1. The lowest BCUT2D eigenvalue weighted by Crippen LogP contribution is -2.11. The summed E-state index contributed by atoms with van der Waals surface area (Å²) in [7, 11) is 0. The van der Waals surface area contributed by atoms with Crippen LogP contribution in [0.1, 0.15) is 6.92 Å². The van der Waals surface area contributed by atoms with Crippen molar-refractivity contribution >= 4 is 11.8 Å². The Hall–Kier alpha value is 0.270. The van der Waals surface area contributed by atoms with Gasteiger partial charge in [0.2, 0.25) is 0 Å². The van der Waals surface area contributed by atoms with E-state index in [1.807, 2.05) is 13.2 Å². The summed E-state index contributed by atoms with van der Waals surface area (Å²) >= 11 is 1.52. The summed E-state index contributed by atoms with van der Waals surface area (Å²) in [5, 5.41) is 8.51. The van der Waals surface area contributed by atoms with Gasteiger partial charge in [0.25, 0.3) is 0 Å².